The van der Waals surface area contributed by atoms with E-state index in [-0.39, 0.29) is 5.04 Å². The Hall–Kier alpha value is -1.23. The summed E-state index contributed by atoms with van der Waals surface area (Å²) in [5, 5.41) is 13.0. The van der Waals surface area contributed by atoms with Gasteiger partial charge in [-0.2, -0.15) is 0 Å². The van der Waals surface area contributed by atoms with E-state index in [4.69, 9.17) is 9.16 Å². The second-order valence-corrected chi connectivity index (χ2v) is 17.5. The average Bonchev–Trinajstić information content (AvgIpc) is 2.73. The predicted octanol–water partition coefficient (Wildman–Crippen LogP) is 4.54. The second kappa shape index (κ2) is 9.10. The number of aliphatic hydroxyl groups is 1. The van der Waals surface area contributed by atoms with Crippen molar-refractivity contribution in [3.8, 4) is 0 Å². The highest BCUT2D eigenvalue weighted by Gasteiger charge is 2.47. The molecule has 0 bridgehead atoms. The molecule has 0 aromatic heterocycles. The molecule has 164 valence electrons. The number of hydrogen-bond acceptors (Lipinski definition) is 4. The van der Waals surface area contributed by atoms with E-state index in [9.17, 15) is 9.67 Å². The van der Waals surface area contributed by atoms with Gasteiger partial charge in [0.2, 0.25) is 0 Å². The van der Waals surface area contributed by atoms with Gasteiger partial charge < -0.3 is 18.8 Å². The van der Waals surface area contributed by atoms with Gasteiger partial charge >= 0.3 is 0 Å². The molecule has 3 rings (SSSR count). The standard InChI is InChI=1S/C24H35O4PSi/c1-24(2,3)30(4,5)28-18-21-23(25)22(16-17-27-21)29(26,19-12-8-6-9-13-19)20-14-10-7-11-15-20/h6-15,21-23,25H,16-18H2,1-5H3/t21-,22+,23-/m1/s1. The number of rotatable bonds is 6. The van der Waals surface area contributed by atoms with E-state index < -0.39 is 33.3 Å². The van der Waals surface area contributed by atoms with Crippen LogP contribution in [0.5, 0.6) is 0 Å². The first-order valence-electron chi connectivity index (χ1n) is 10.7. The summed E-state index contributed by atoms with van der Waals surface area (Å²) in [6.07, 6.45) is -0.771. The maximum Gasteiger partial charge on any atom is 0.192 e. The highest BCUT2D eigenvalue weighted by Crippen LogP contribution is 2.53. The summed E-state index contributed by atoms with van der Waals surface area (Å²) in [5.74, 6) is 0. The summed E-state index contributed by atoms with van der Waals surface area (Å²) in [7, 11) is -5.04. The van der Waals surface area contributed by atoms with Gasteiger partial charge in [0.15, 0.2) is 8.32 Å². The van der Waals surface area contributed by atoms with Gasteiger partial charge in [-0.1, -0.05) is 81.4 Å². The minimum Gasteiger partial charge on any atom is -0.414 e. The van der Waals surface area contributed by atoms with E-state index >= 15 is 0 Å². The second-order valence-electron chi connectivity index (χ2n) is 9.66. The third-order valence-electron chi connectivity index (χ3n) is 6.68. The van der Waals surface area contributed by atoms with Gasteiger partial charge in [-0.3, -0.25) is 0 Å². The van der Waals surface area contributed by atoms with Crippen molar-refractivity contribution in [2.45, 2.75) is 63.2 Å². The Balaban J connectivity index is 1.91. The number of benzene rings is 2. The molecule has 6 heteroatoms. The van der Waals surface area contributed by atoms with Gasteiger partial charge in [0.05, 0.1) is 18.4 Å². The van der Waals surface area contributed by atoms with Crippen LogP contribution in [0.25, 0.3) is 0 Å². The molecule has 1 saturated heterocycles. The van der Waals surface area contributed by atoms with Crippen LogP contribution in [0.1, 0.15) is 27.2 Å². The van der Waals surface area contributed by atoms with Crippen LogP contribution >= 0.6 is 7.14 Å². The molecule has 0 amide bonds. The first-order chi connectivity index (χ1) is 14.1. The van der Waals surface area contributed by atoms with Gasteiger partial charge in [-0.05, 0) is 24.6 Å². The van der Waals surface area contributed by atoms with Gasteiger partial charge in [0.25, 0.3) is 0 Å². The van der Waals surface area contributed by atoms with Gasteiger partial charge in [-0.15, -0.1) is 0 Å². The highest BCUT2D eigenvalue weighted by molar-refractivity contribution is 7.79. The zero-order chi connectivity index (χ0) is 22.0. The van der Waals surface area contributed by atoms with Crippen molar-refractivity contribution in [2.24, 2.45) is 0 Å². The molecule has 1 N–H and O–H groups in total. The molecular weight excluding hydrogens is 411 g/mol. The topological polar surface area (TPSA) is 55.8 Å². The normalized spacial score (nSPS) is 23.3. The maximum absolute atomic E-state index is 14.6. The van der Waals surface area contributed by atoms with Crippen LogP contribution in [0.15, 0.2) is 60.7 Å². The fourth-order valence-electron chi connectivity index (χ4n) is 3.74. The Bertz CT molecular complexity index is 820. The van der Waals surface area contributed by atoms with E-state index in [0.29, 0.717) is 19.6 Å². The van der Waals surface area contributed by atoms with Crippen molar-refractivity contribution < 1.29 is 18.8 Å². The van der Waals surface area contributed by atoms with Crippen molar-refractivity contribution in [2.75, 3.05) is 13.2 Å². The molecule has 2 aromatic carbocycles. The zero-order valence-corrected chi connectivity index (χ0v) is 20.6. The van der Waals surface area contributed by atoms with Crippen molar-refractivity contribution in [1.82, 2.24) is 0 Å². The summed E-state index contributed by atoms with van der Waals surface area (Å²) in [6, 6.07) is 19.2. The summed E-state index contributed by atoms with van der Waals surface area (Å²) in [5.41, 5.74) is -0.399. The zero-order valence-electron chi connectivity index (χ0n) is 18.7. The predicted molar refractivity (Wildman–Crippen MR) is 127 cm³/mol. The van der Waals surface area contributed by atoms with Crippen LogP contribution < -0.4 is 10.6 Å². The van der Waals surface area contributed by atoms with E-state index in [2.05, 4.69) is 33.9 Å². The Morgan fingerprint density at radius 2 is 1.53 bits per heavy atom. The number of aliphatic hydroxyl groups excluding tert-OH is 1. The molecule has 4 nitrogen and oxygen atoms in total. The van der Waals surface area contributed by atoms with Gasteiger partial charge in [-0.25, -0.2) is 0 Å². The molecule has 1 heterocycles. The summed E-state index contributed by atoms with van der Waals surface area (Å²) in [4.78, 5) is 0. The summed E-state index contributed by atoms with van der Waals surface area (Å²) < 4.78 is 26.9. The Morgan fingerprint density at radius 1 is 1.03 bits per heavy atom. The number of ether oxygens (including phenoxy) is 1. The SMILES string of the molecule is CC(C)(C)[Si](C)(C)OC[C@H]1OCC[C@H](P(=O)(c2ccccc2)c2ccccc2)[C@@H]1O. The van der Waals surface area contributed by atoms with Crippen molar-refractivity contribution in [3.63, 3.8) is 0 Å². The van der Waals surface area contributed by atoms with E-state index in [0.717, 1.165) is 10.6 Å². The van der Waals surface area contributed by atoms with Crippen LogP contribution in [-0.4, -0.2) is 44.5 Å². The van der Waals surface area contributed by atoms with Crippen LogP contribution in [0.2, 0.25) is 18.1 Å². The van der Waals surface area contributed by atoms with Crippen molar-refractivity contribution in [3.05, 3.63) is 60.7 Å². The molecule has 0 unspecified atom stereocenters. The van der Waals surface area contributed by atoms with E-state index in [1.54, 1.807) is 0 Å². The van der Waals surface area contributed by atoms with Crippen molar-refractivity contribution in [1.29, 1.82) is 0 Å². The molecule has 2 aromatic rings. The lowest BCUT2D eigenvalue weighted by Gasteiger charge is -2.42. The minimum atomic E-state index is -3.06. The molecule has 1 aliphatic rings. The largest absolute Gasteiger partial charge is 0.414 e. The van der Waals surface area contributed by atoms with Crippen LogP contribution in [0, 0.1) is 0 Å². The smallest absolute Gasteiger partial charge is 0.192 e. The molecule has 0 saturated carbocycles. The van der Waals surface area contributed by atoms with E-state index in [1.807, 2.05) is 60.7 Å². The average molecular weight is 447 g/mol. The van der Waals surface area contributed by atoms with Gasteiger partial charge in [0, 0.05) is 17.2 Å². The maximum atomic E-state index is 14.6. The first kappa shape index (κ1) is 23.4. The molecule has 1 fully saturated rings. The lowest BCUT2D eigenvalue weighted by atomic mass is 10.1. The van der Waals surface area contributed by atoms with Crippen molar-refractivity contribution >= 4 is 26.1 Å². The van der Waals surface area contributed by atoms with E-state index in [1.165, 1.54) is 0 Å². The Morgan fingerprint density at radius 3 is 2.00 bits per heavy atom. The third kappa shape index (κ3) is 4.66. The third-order valence-corrected chi connectivity index (χ3v) is 14.8. The Labute approximate surface area is 182 Å². The highest BCUT2D eigenvalue weighted by atomic mass is 31.2. The van der Waals surface area contributed by atoms with Crippen LogP contribution in [0.3, 0.4) is 0 Å². The molecule has 0 spiro atoms. The first-order valence-corrected chi connectivity index (χ1v) is 15.4. The molecule has 1 aliphatic heterocycles. The van der Waals surface area contributed by atoms with Crippen LogP contribution in [-0.2, 0) is 13.7 Å². The van der Waals surface area contributed by atoms with Gasteiger partial charge in [0.1, 0.15) is 13.2 Å². The summed E-state index contributed by atoms with van der Waals surface area (Å²) in [6.45, 7) is 11.8. The molecule has 30 heavy (non-hydrogen) atoms. The lowest BCUT2D eigenvalue weighted by molar-refractivity contribution is -0.0896. The minimum absolute atomic E-state index is 0.0788. The molecule has 3 atom stereocenters. The quantitative estimate of drug-likeness (QED) is 0.523. The molecule has 0 radical (unpaired) electrons. The Kier molecular flexibility index (Phi) is 7.10. The summed E-state index contributed by atoms with van der Waals surface area (Å²) >= 11 is 0. The fraction of sp³-hybridized carbons (Fsp3) is 0.500. The molecular formula is C24H35O4PSi. The fourth-order valence-corrected chi connectivity index (χ4v) is 8.14. The monoisotopic (exact) mass is 446 g/mol. The molecule has 0 aliphatic carbocycles. The van der Waals surface area contributed by atoms with Crippen LogP contribution in [0.4, 0.5) is 0 Å². The lowest BCUT2D eigenvalue weighted by Crippen LogP contribution is -2.51. The number of hydrogen-bond donors (Lipinski definition) is 1.